The number of likely N-dealkylation sites (N-methyl/N-ethyl adjacent to an activating group) is 1. The largest absolute Gasteiger partial charge is 0.310 e. The van der Waals surface area contributed by atoms with Crippen LogP contribution in [0.5, 0.6) is 0 Å². The molecule has 1 aromatic rings. The number of hydrogen-bond acceptors (Lipinski definition) is 2. The lowest BCUT2D eigenvalue weighted by Gasteiger charge is -2.53. The summed E-state index contributed by atoms with van der Waals surface area (Å²) < 4.78 is 0.985. The van der Waals surface area contributed by atoms with Crippen molar-refractivity contribution < 1.29 is 9.28 Å². The number of anilines is 1. The van der Waals surface area contributed by atoms with Crippen molar-refractivity contribution in [3.05, 3.63) is 30.3 Å². The van der Waals surface area contributed by atoms with Crippen LogP contribution in [0, 0.1) is 0 Å². The maximum Gasteiger partial charge on any atom is 0.285 e. The van der Waals surface area contributed by atoms with Gasteiger partial charge in [0.1, 0.15) is 0 Å². The lowest BCUT2D eigenvalue weighted by Crippen LogP contribution is -2.72. The van der Waals surface area contributed by atoms with Gasteiger partial charge in [-0.1, -0.05) is 18.2 Å². The smallest absolute Gasteiger partial charge is 0.285 e. The molecule has 4 nitrogen and oxygen atoms in total. The van der Waals surface area contributed by atoms with Crippen LogP contribution < -0.4 is 4.90 Å². The first kappa shape index (κ1) is 14.5. The number of amides is 1. The number of hydrogen-bond donors (Lipinski definition) is 0. The molecule has 3 aliphatic heterocycles. The summed E-state index contributed by atoms with van der Waals surface area (Å²) in [5.74, 6) is 0.277. The molecule has 0 radical (unpaired) electrons. The summed E-state index contributed by atoms with van der Waals surface area (Å²) in [5.41, 5.74) is 1.02. The number of rotatable bonds is 4. The molecule has 0 spiro atoms. The zero-order chi connectivity index (χ0) is 14.9. The predicted octanol–water partition coefficient (Wildman–Crippen LogP) is 1.57. The van der Waals surface area contributed by atoms with Crippen molar-refractivity contribution in [3.63, 3.8) is 0 Å². The van der Waals surface area contributed by atoms with Gasteiger partial charge in [-0.2, -0.15) is 0 Å². The number of benzene rings is 1. The molecule has 3 aliphatic rings. The average Bonchev–Trinajstić information content (AvgIpc) is 2.57. The summed E-state index contributed by atoms with van der Waals surface area (Å²) >= 11 is 0. The van der Waals surface area contributed by atoms with Crippen molar-refractivity contribution in [2.75, 3.05) is 50.7 Å². The van der Waals surface area contributed by atoms with Crippen LogP contribution >= 0.6 is 0 Å². The number of carbonyl (C=O) groups excluding carboxylic acids is 1. The molecule has 0 saturated carbocycles. The van der Waals surface area contributed by atoms with Gasteiger partial charge >= 0.3 is 0 Å². The second kappa shape index (κ2) is 5.78. The Hall–Kier alpha value is -1.39. The van der Waals surface area contributed by atoms with Crippen LogP contribution in [0.4, 0.5) is 5.69 Å². The van der Waals surface area contributed by atoms with E-state index < -0.39 is 0 Å². The fourth-order valence-electron chi connectivity index (χ4n) is 3.81. The number of carbonyl (C=O) groups is 1. The van der Waals surface area contributed by atoms with Crippen molar-refractivity contribution in [1.82, 2.24) is 4.90 Å². The molecule has 0 aromatic heterocycles. The Morgan fingerprint density at radius 1 is 1.19 bits per heavy atom. The lowest BCUT2D eigenvalue weighted by molar-refractivity contribution is -0.953. The van der Waals surface area contributed by atoms with E-state index in [0.717, 1.165) is 56.0 Å². The minimum absolute atomic E-state index is 0.0626. The Balaban J connectivity index is 1.80. The van der Waals surface area contributed by atoms with Gasteiger partial charge in [0.15, 0.2) is 6.04 Å². The van der Waals surface area contributed by atoms with Gasteiger partial charge in [0, 0.05) is 31.9 Å². The van der Waals surface area contributed by atoms with E-state index in [0.29, 0.717) is 0 Å². The third-order valence-corrected chi connectivity index (χ3v) is 5.41. The van der Waals surface area contributed by atoms with E-state index in [-0.39, 0.29) is 11.9 Å². The second-order valence-corrected chi connectivity index (χ2v) is 6.33. The minimum Gasteiger partial charge on any atom is -0.310 e. The van der Waals surface area contributed by atoms with Crippen LogP contribution in [0.2, 0.25) is 0 Å². The van der Waals surface area contributed by atoms with Crippen molar-refractivity contribution >= 4 is 11.6 Å². The fraction of sp³-hybridized carbons (Fsp3) is 0.588. The Bertz CT molecular complexity index is 480. The molecular formula is C17H26N3O+. The Labute approximate surface area is 127 Å². The first-order valence-electron chi connectivity index (χ1n) is 8.11. The molecule has 1 aromatic carbocycles. The standard InChI is InChI=1S/C17H26N3O/c1-3-19(16-7-5-4-6-8-16)17(21)15(2)20-12-9-18(10-13-20)11-14-20/h4-8,15H,3,9-14H2,1-2H3/q+1/t15-/m0/s1. The maximum absolute atomic E-state index is 13.1. The number of quaternary nitrogens is 1. The molecule has 2 bridgehead atoms. The molecule has 3 saturated heterocycles. The normalized spacial score (nSPS) is 29.1. The summed E-state index contributed by atoms with van der Waals surface area (Å²) in [5, 5.41) is 0. The lowest BCUT2D eigenvalue weighted by atomic mass is 10.0. The number of fused-ring (bicyclic) bond motifs is 3. The minimum atomic E-state index is 0.0626. The first-order valence-corrected chi connectivity index (χ1v) is 8.11. The van der Waals surface area contributed by atoms with Gasteiger partial charge in [-0.3, -0.25) is 9.69 Å². The summed E-state index contributed by atoms with van der Waals surface area (Å²) in [6.45, 7) is 11.7. The molecular weight excluding hydrogens is 262 g/mol. The molecule has 0 N–H and O–H groups in total. The Morgan fingerprint density at radius 2 is 1.76 bits per heavy atom. The fourth-order valence-corrected chi connectivity index (χ4v) is 3.81. The van der Waals surface area contributed by atoms with E-state index in [1.807, 2.05) is 35.2 Å². The molecule has 0 unspecified atom stereocenters. The zero-order valence-corrected chi connectivity index (χ0v) is 13.2. The van der Waals surface area contributed by atoms with Crippen LogP contribution in [0.1, 0.15) is 13.8 Å². The second-order valence-electron chi connectivity index (χ2n) is 6.33. The zero-order valence-electron chi connectivity index (χ0n) is 13.2. The maximum atomic E-state index is 13.1. The summed E-state index contributed by atoms with van der Waals surface area (Å²) in [6, 6.07) is 10.1. The number of para-hydroxylation sites is 1. The van der Waals surface area contributed by atoms with E-state index >= 15 is 0 Å². The number of piperazine rings is 3. The highest BCUT2D eigenvalue weighted by molar-refractivity contribution is 5.96. The highest BCUT2D eigenvalue weighted by Crippen LogP contribution is 2.26. The SMILES string of the molecule is CCN(C(=O)[C@H](C)[N+]12CCN(CC1)CC2)c1ccccc1. The predicted molar refractivity (Wildman–Crippen MR) is 85.2 cm³/mol. The van der Waals surface area contributed by atoms with E-state index in [2.05, 4.69) is 18.7 Å². The highest BCUT2D eigenvalue weighted by Gasteiger charge is 2.46. The average molecular weight is 288 g/mol. The molecule has 21 heavy (non-hydrogen) atoms. The monoisotopic (exact) mass is 288 g/mol. The van der Waals surface area contributed by atoms with E-state index in [4.69, 9.17) is 0 Å². The molecule has 4 heteroatoms. The summed E-state index contributed by atoms with van der Waals surface area (Å²) in [4.78, 5) is 17.5. The van der Waals surface area contributed by atoms with Gasteiger partial charge in [-0.15, -0.1) is 0 Å². The van der Waals surface area contributed by atoms with E-state index in [9.17, 15) is 4.79 Å². The third kappa shape index (κ3) is 2.58. The quantitative estimate of drug-likeness (QED) is 0.785. The molecule has 114 valence electrons. The summed E-state index contributed by atoms with van der Waals surface area (Å²) in [7, 11) is 0. The van der Waals surface area contributed by atoms with Crippen LogP contribution in [-0.4, -0.2) is 67.1 Å². The van der Waals surface area contributed by atoms with E-state index in [1.54, 1.807) is 0 Å². The number of nitrogens with zero attached hydrogens (tertiary/aromatic N) is 3. The van der Waals surface area contributed by atoms with Crippen molar-refractivity contribution in [3.8, 4) is 0 Å². The topological polar surface area (TPSA) is 23.6 Å². The van der Waals surface area contributed by atoms with Crippen LogP contribution in [0.25, 0.3) is 0 Å². The summed E-state index contributed by atoms with van der Waals surface area (Å²) in [6.07, 6.45) is 0. The van der Waals surface area contributed by atoms with Gasteiger partial charge in [-0.05, 0) is 26.0 Å². The highest BCUT2D eigenvalue weighted by atomic mass is 16.2. The van der Waals surface area contributed by atoms with Gasteiger partial charge < -0.3 is 9.38 Å². The van der Waals surface area contributed by atoms with Crippen LogP contribution in [0.15, 0.2) is 30.3 Å². The first-order chi connectivity index (χ1) is 10.2. The molecule has 3 fully saturated rings. The van der Waals surface area contributed by atoms with Crippen LogP contribution in [-0.2, 0) is 4.79 Å². The van der Waals surface area contributed by atoms with Crippen LogP contribution in [0.3, 0.4) is 0 Å². The third-order valence-electron chi connectivity index (χ3n) is 5.41. The molecule has 1 atom stereocenters. The molecule has 1 amide bonds. The van der Waals surface area contributed by atoms with Gasteiger partial charge in [0.25, 0.3) is 5.91 Å². The van der Waals surface area contributed by atoms with E-state index in [1.165, 1.54) is 0 Å². The van der Waals surface area contributed by atoms with Crippen molar-refractivity contribution in [2.45, 2.75) is 19.9 Å². The molecule has 0 aliphatic carbocycles. The van der Waals surface area contributed by atoms with Crippen molar-refractivity contribution in [1.29, 1.82) is 0 Å². The Morgan fingerprint density at radius 3 is 2.29 bits per heavy atom. The van der Waals surface area contributed by atoms with Gasteiger partial charge in [0.05, 0.1) is 19.6 Å². The molecule has 3 heterocycles. The molecule has 4 rings (SSSR count). The Kier molecular flexibility index (Phi) is 4.00. The van der Waals surface area contributed by atoms with Crippen molar-refractivity contribution in [2.24, 2.45) is 0 Å². The van der Waals surface area contributed by atoms with Gasteiger partial charge in [-0.25, -0.2) is 0 Å². The van der Waals surface area contributed by atoms with Gasteiger partial charge in [0.2, 0.25) is 0 Å².